The molecular weight excluding hydrogens is 242 g/mol. The first-order chi connectivity index (χ1) is 7.70. The van der Waals surface area contributed by atoms with Crippen LogP contribution in [0.2, 0.25) is 0 Å². The van der Waals surface area contributed by atoms with Crippen molar-refractivity contribution in [2.45, 2.75) is 38.4 Å². The Balaban J connectivity index is 2.84. The summed E-state index contributed by atoms with van der Waals surface area (Å²) in [7, 11) is -2.02. The van der Waals surface area contributed by atoms with Crippen LogP contribution in [0.4, 0.5) is 0 Å². The number of nitrogens with zero attached hydrogens (tertiary/aromatic N) is 1. The van der Waals surface area contributed by atoms with Crippen molar-refractivity contribution in [2.24, 2.45) is 5.92 Å². The summed E-state index contributed by atoms with van der Waals surface area (Å²) in [6.07, 6.45) is 1.40. The molecule has 1 heterocycles. The normalized spacial score (nSPS) is 23.4. The highest BCUT2D eigenvalue weighted by Crippen LogP contribution is 2.26. The summed E-state index contributed by atoms with van der Waals surface area (Å²) in [6.45, 7) is 5.75. The van der Waals surface area contributed by atoms with Crippen LogP contribution < -0.4 is 0 Å². The molecule has 0 aliphatic carbocycles. The third-order valence-corrected chi connectivity index (χ3v) is 5.59. The van der Waals surface area contributed by atoms with Crippen molar-refractivity contribution in [3.05, 3.63) is 0 Å². The minimum Gasteiger partial charge on any atom is -0.469 e. The monoisotopic (exact) mass is 263 g/mol. The number of carbonyl (C=O) groups is 1. The minimum atomic E-state index is -3.35. The van der Waals surface area contributed by atoms with Crippen LogP contribution in [0.3, 0.4) is 0 Å². The fourth-order valence-corrected chi connectivity index (χ4v) is 3.43. The number of esters is 1. The van der Waals surface area contributed by atoms with Gasteiger partial charge in [-0.2, -0.15) is 0 Å². The van der Waals surface area contributed by atoms with Gasteiger partial charge in [0.15, 0.2) is 0 Å². The van der Waals surface area contributed by atoms with Crippen LogP contribution in [-0.4, -0.2) is 43.6 Å². The van der Waals surface area contributed by atoms with E-state index >= 15 is 0 Å². The van der Waals surface area contributed by atoms with E-state index in [0.29, 0.717) is 19.4 Å². The van der Waals surface area contributed by atoms with Crippen LogP contribution in [0.1, 0.15) is 33.6 Å². The second-order valence-electron chi connectivity index (χ2n) is 5.34. The Morgan fingerprint density at radius 3 is 2.41 bits per heavy atom. The molecule has 5 nitrogen and oxygen atoms in total. The Labute approximate surface area is 103 Å². The van der Waals surface area contributed by atoms with E-state index in [1.54, 1.807) is 20.8 Å². The Bertz CT molecular complexity index is 383. The van der Waals surface area contributed by atoms with Gasteiger partial charge in [0.1, 0.15) is 0 Å². The van der Waals surface area contributed by atoms with Crippen LogP contribution in [0, 0.1) is 5.92 Å². The van der Waals surface area contributed by atoms with Gasteiger partial charge in [-0.05, 0) is 33.6 Å². The average Bonchev–Trinajstić information content (AvgIpc) is 2.26. The number of hydrogen-bond donors (Lipinski definition) is 0. The van der Waals surface area contributed by atoms with E-state index in [9.17, 15) is 13.2 Å². The zero-order valence-electron chi connectivity index (χ0n) is 10.9. The zero-order chi connectivity index (χ0) is 13.3. The molecule has 0 amide bonds. The van der Waals surface area contributed by atoms with Crippen molar-refractivity contribution in [3.63, 3.8) is 0 Å². The number of carbonyl (C=O) groups excluding carboxylic acids is 1. The van der Waals surface area contributed by atoms with E-state index < -0.39 is 14.8 Å². The van der Waals surface area contributed by atoms with Gasteiger partial charge >= 0.3 is 5.97 Å². The molecule has 100 valence electrons. The van der Waals surface area contributed by atoms with Gasteiger partial charge < -0.3 is 4.74 Å². The molecule has 0 N–H and O–H groups in total. The maximum atomic E-state index is 12.2. The van der Waals surface area contributed by atoms with Crippen molar-refractivity contribution < 1.29 is 17.9 Å². The molecule has 1 saturated heterocycles. The molecule has 1 rings (SSSR count). The van der Waals surface area contributed by atoms with Crippen LogP contribution >= 0.6 is 0 Å². The summed E-state index contributed by atoms with van der Waals surface area (Å²) in [5.41, 5.74) is 0. The molecule has 1 fully saturated rings. The maximum absolute atomic E-state index is 12.2. The molecule has 0 spiro atoms. The molecule has 1 aliphatic rings. The largest absolute Gasteiger partial charge is 0.469 e. The van der Waals surface area contributed by atoms with Crippen LogP contribution in [0.15, 0.2) is 0 Å². The van der Waals surface area contributed by atoms with E-state index in [4.69, 9.17) is 0 Å². The summed E-state index contributed by atoms with van der Waals surface area (Å²) in [4.78, 5) is 11.4. The Morgan fingerprint density at radius 1 is 1.35 bits per heavy atom. The van der Waals surface area contributed by atoms with Gasteiger partial charge in [-0.1, -0.05) is 0 Å². The van der Waals surface area contributed by atoms with E-state index in [1.807, 2.05) is 0 Å². The molecule has 1 atom stereocenters. The van der Waals surface area contributed by atoms with Crippen molar-refractivity contribution in [2.75, 3.05) is 20.2 Å². The third kappa shape index (κ3) is 2.98. The third-order valence-electron chi connectivity index (χ3n) is 3.03. The van der Waals surface area contributed by atoms with Crippen LogP contribution in [0.5, 0.6) is 0 Å². The molecule has 0 unspecified atom stereocenters. The first-order valence-electron chi connectivity index (χ1n) is 5.77. The summed E-state index contributed by atoms with van der Waals surface area (Å²) >= 11 is 0. The predicted molar refractivity (Wildman–Crippen MR) is 65.0 cm³/mol. The fourth-order valence-electron chi connectivity index (χ4n) is 1.91. The highest BCUT2D eigenvalue weighted by molar-refractivity contribution is 7.90. The Kier molecular flexibility index (Phi) is 4.19. The van der Waals surface area contributed by atoms with Crippen LogP contribution in [0.25, 0.3) is 0 Å². The number of methoxy groups -OCH3 is 1. The van der Waals surface area contributed by atoms with E-state index in [-0.39, 0.29) is 18.4 Å². The first-order valence-corrected chi connectivity index (χ1v) is 7.21. The number of rotatable bonds is 2. The predicted octanol–water partition coefficient (Wildman–Crippen LogP) is 1.000. The topological polar surface area (TPSA) is 63.7 Å². The lowest BCUT2D eigenvalue weighted by Gasteiger charge is -2.35. The van der Waals surface area contributed by atoms with Crippen LogP contribution in [-0.2, 0) is 19.6 Å². The summed E-state index contributed by atoms with van der Waals surface area (Å²) in [5, 5.41) is 0. The van der Waals surface area contributed by atoms with Crippen molar-refractivity contribution >= 4 is 16.0 Å². The fraction of sp³-hybridized carbons (Fsp3) is 0.909. The standard InChI is InChI=1S/C11H21NO4S/c1-11(2,3)17(14,15)12-7-5-6-9(8-12)10(13)16-4/h9H,5-8H2,1-4H3/t9-/m0/s1. The highest BCUT2D eigenvalue weighted by Gasteiger charge is 2.39. The molecule has 0 radical (unpaired) electrons. The van der Waals surface area contributed by atoms with E-state index in [0.717, 1.165) is 0 Å². The summed E-state index contributed by atoms with van der Waals surface area (Å²) < 4.78 is 29.7. The smallest absolute Gasteiger partial charge is 0.309 e. The molecule has 0 aromatic carbocycles. The van der Waals surface area contributed by atoms with Gasteiger partial charge in [0.05, 0.1) is 17.8 Å². The number of sulfonamides is 1. The quantitative estimate of drug-likeness (QED) is 0.697. The lowest BCUT2D eigenvalue weighted by atomic mass is 10.0. The van der Waals surface area contributed by atoms with Crippen molar-refractivity contribution in [3.8, 4) is 0 Å². The highest BCUT2D eigenvalue weighted by atomic mass is 32.2. The average molecular weight is 263 g/mol. The molecule has 0 saturated carbocycles. The zero-order valence-corrected chi connectivity index (χ0v) is 11.7. The van der Waals surface area contributed by atoms with Crippen molar-refractivity contribution in [1.29, 1.82) is 0 Å². The number of ether oxygens (including phenoxy) is 1. The van der Waals surface area contributed by atoms with Crippen molar-refractivity contribution in [1.82, 2.24) is 4.31 Å². The maximum Gasteiger partial charge on any atom is 0.309 e. The first kappa shape index (κ1) is 14.4. The summed E-state index contributed by atoms with van der Waals surface area (Å²) in [5.74, 6) is -0.648. The SMILES string of the molecule is COC(=O)[C@H]1CCCN(S(=O)(=O)C(C)(C)C)C1. The minimum absolute atomic E-state index is 0.242. The van der Waals surface area contributed by atoms with E-state index in [2.05, 4.69) is 4.74 Å². The van der Waals surface area contributed by atoms with Gasteiger partial charge in [-0.15, -0.1) is 0 Å². The number of piperidine rings is 1. The molecule has 0 aromatic heterocycles. The second kappa shape index (κ2) is 4.94. The molecule has 0 aromatic rings. The second-order valence-corrected chi connectivity index (χ2v) is 8.03. The Morgan fingerprint density at radius 2 is 1.94 bits per heavy atom. The lowest BCUT2D eigenvalue weighted by Crippen LogP contribution is -2.48. The Hall–Kier alpha value is -0.620. The lowest BCUT2D eigenvalue weighted by molar-refractivity contribution is -0.146. The molecule has 0 bridgehead atoms. The number of hydrogen-bond acceptors (Lipinski definition) is 4. The molecule has 1 aliphatic heterocycles. The molecular formula is C11H21NO4S. The molecule has 6 heteroatoms. The van der Waals surface area contributed by atoms with Gasteiger partial charge in [0, 0.05) is 13.1 Å². The van der Waals surface area contributed by atoms with Gasteiger partial charge in [-0.3, -0.25) is 4.79 Å². The molecule has 17 heavy (non-hydrogen) atoms. The van der Waals surface area contributed by atoms with Gasteiger partial charge in [0.25, 0.3) is 0 Å². The summed E-state index contributed by atoms with van der Waals surface area (Å²) in [6, 6.07) is 0. The van der Waals surface area contributed by atoms with E-state index in [1.165, 1.54) is 11.4 Å². The van der Waals surface area contributed by atoms with Gasteiger partial charge in [0.2, 0.25) is 10.0 Å². The van der Waals surface area contributed by atoms with Gasteiger partial charge in [-0.25, -0.2) is 12.7 Å².